The number of rotatable bonds is 5. The van der Waals surface area contributed by atoms with Crippen LogP contribution in [-0.2, 0) is 6.54 Å². The summed E-state index contributed by atoms with van der Waals surface area (Å²) < 4.78 is 24.9. The van der Waals surface area contributed by atoms with Crippen molar-refractivity contribution < 1.29 is 18.3 Å². The summed E-state index contributed by atoms with van der Waals surface area (Å²) in [7, 11) is 1.60. The van der Waals surface area contributed by atoms with E-state index in [0.717, 1.165) is 45.2 Å². The monoisotopic (exact) mass is 415 g/mol. The summed E-state index contributed by atoms with van der Waals surface area (Å²) in [5.74, 6) is 1.15. The van der Waals surface area contributed by atoms with Crippen LogP contribution < -0.4 is 10.1 Å². The van der Waals surface area contributed by atoms with Gasteiger partial charge in [-0.1, -0.05) is 6.42 Å². The summed E-state index contributed by atoms with van der Waals surface area (Å²) in [6.45, 7) is 5.91. The molecule has 2 fully saturated rings. The Morgan fingerprint density at radius 3 is 2.77 bits per heavy atom. The first-order valence-electron chi connectivity index (χ1n) is 10.7. The predicted molar refractivity (Wildman–Crippen MR) is 111 cm³/mol. The zero-order chi connectivity index (χ0) is 21.3. The zero-order valence-corrected chi connectivity index (χ0v) is 18.0. The van der Waals surface area contributed by atoms with E-state index < -0.39 is 0 Å². The van der Waals surface area contributed by atoms with Crippen molar-refractivity contribution >= 4 is 5.91 Å². The first-order valence-corrected chi connectivity index (χ1v) is 10.7. The minimum atomic E-state index is -0.195. The van der Waals surface area contributed by atoms with Crippen LogP contribution in [0.4, 0.5) is 4.39 Å². The number of amides is 1. The molecule has 2 heterocycles. The maximum absolute atomic E-state index is 14.2. The van der Waals surface area contributed by atoms with E-state index in [-0.39, 0.29) is 23.2 Å². The summed E-state index contributed by atoms with van der Waals surface area (Å²) in [5, 5.41) is 3.23. The van der Waals surface area contributed by atoms with E-state index >= 15 is 0 Å². The van der Waals surface area contributed by atoms with Crippen molar-refractivity contribution in [3.63, 3.8) is 0 Å². The average Bonchev–Trinajstić information content (AvgIpc) is 3.27. The fraction of sp³-hybridized carbons (Fsp3) is 0.565. The molecule has 4 rings (SSSR count). The van der Waals surface area contributed by atoms with Gasteiger partial charge in [-0.05, 0) is 69.3 Å². The number of piperidine rings is 1. The molecule has 1 aliphatic heterocycles. The highest BCUT2D eigenvalue weighted by Crippen LogP contribution is 2.46. The lowest BCUT2D eigenvalue weighted by atomic mass is 9.74. The summed E-state index contributed by atoms with van der Waals surface area (Å²) in [5.41, 5.74) is 1.41. The van der Waals surface area contributed by atoms with E-state index in [1.54, 1.807) is 33.1 Å². The fourth-order valence-corrected chi connectivity index (χ4v) is 5.12. The second kappa shape index (κ2) is 8.38. The standard InChI is InChI=1S/C23H30FN3O3/c1-15-21(30-16(2)25-15)22(28)26-20-5-4-8-23(20)9-11-27(12-10-23)14-17-13-18(29-3)6-7-19(17)24/h6-7,13,20H,4-5,8-12,14H2,1-3H3,(H,26,28). The number of nitrogens with one attached hydrogen (secondary N) is 1. The Bertz CT molecular complexity index is 918. The number of aryl methyl sites for hydroxylation is 2. The molecule has 1 saturated carbocycles. The van der Waals surface area contributed by atoms with Crippen LogP contribution >= 0.6 is 0 Å². The van der Waals surface area contributed by atoms with Gasteiger partial charge < -0.3 is 14.5 Å². The number of ether oxygens (including phenoxy) is 1. The Balaban J connectivity index is 1.39. The van der Waals surface area contributed by atoms with Gasteiger partial charge in [0.25, 0.3) is 5.91 Å². The van der Waals surface area contributed by atoms with Crippen molar-refractivity contribution in [2.75, 3.05) is 20.2 Å². The molecule has 1 aromatic heterocycles. The smallest absolute Gasteiger partial charge is 0.289 e. The van der Waals surface area contributed by atoms with Crippen LogP contribution in [0.2, 0.25) is 0 Å². The van der Waals surface area contributed by atoms with Gasteiger partial charge in [-0.2, -0.15) is 0 Å². The minimum Gasteiger partial charge on any atom is -0.497 e. The molecule has 6 nitrogen and oxygen atoms in total. The van der Waals surface area contributed by atoms with Gasteiger partial charge in [0, 0.05) is 25.1 Å². The SMILES string of the molecule is COc1ccc(F)c(CN2CCC3(CCCC3NC(=O)c3oc(C)nc3C)CC2)c1. The van der Waals surface area contributed by atoms with Crippen LogP contribution in [0, 0.1) is 25.1 Å². The van der Waals surface area contributed by atoms with Gasteiger partial charge in [0.2, 0.25) is 5.76 Å². The average molecular weight is 416 g/mol. The highest BCUT2D eigenvalue weighted by molar-refractivity contribution is 5.92. The number of hydrogen-bond acceptors (Lipinski definition) is 5. The van der Waals surface area contributed by atoms with Crippen LogP contribution in [-0.4, -0.2) is 42.0 Å². The summed E-state index contributed by atoms with van der Waals surface area (Å²) in [6.07, 6.45) is 5.22. The van der Waals surface area contributed by atoms with Crippen molar-refractivity contribution in [2.45, 2.75) is 58.5 Å². The van der Waals surface area contributed by atoms with Crippen molar-refractivity contribution in [3.05, 3.63) is 46.9 Å². The lowest BCUT2D eigenvalue weighted by molar-refractivity contribution is 0.0665. The molecule has 30 heavy (non-hydrogen) atoms. The Morgan fingerprint density at radius 1 is 1.33 bits per heavy atom. The molecule has 7 heteroatoms. The molecule has 0 bridgehead atoms. The predicted octanol–water partition coefficient (Wildman–Crippen LogP) is 4.00. The Kier molecular flexibility index (Phi) is 5.82. The van der Waals surface area contributed by atoms with E-state index in [4.69, 9.17) is 9.15 Å². The van der Waals surface area contributed by atoms with E-state index in [9.17, 15) is 9.18 Å². The van der Waals surface area contributed by atoms with Gasteiger partial charge in [0.05, 0.1) is 12.8 Å². The van der Waals surface area contributed by atoms with Crippen LogP contribution in [0.3, 0.4) is 0 Å². The number of nitrogens with zero attached hydrogens (tertiary/aromatic N) is 2. The molecule has 0 radical (unpaired) electrons. The van der Waals surface area contributed by atoms with E-state index in [1.807, 2.05) is 0 Å². The number of methoxy groups -OCH3 is 1. The summed E-state index contributed by atoms with van der Waals surface area (Å²) >= 11 is 0. The first kappa shape index (κ1) is 20.8. The number of oxazole rings is 1. The molecule has 1 saturated heterocycles. The first-order chi connectivity index (χ1) is 14.4. The maximum atomic E-state index is 14.2. The van der Waals surface area contributed by atoms with E-state index in [2.05, 4.69) is 15.2 Å². The van der Waals surface area contributed by atoms with Gasteiger partial charge >= 0.3 is 0 Å². The van der Waals surface area contributed by atoms with E-state index in [0.29, 0.717) is 35.2 Å². The highest BCUT2D eigenvalue weighted by Gasteiger charge is 2.45. The molecule has 1 amide bonds. The normalized spacial score (nSPS) is 21.1. The van der Waals surface area contributed by atoms with Crippen LogP contribution in [0.5, 0.6) is 5.75 Å². The third-order valence-electron chi connectivity index (χ3n) is 6.82. The Morgan fingerprint density at radius 2 is 2.10 bits per heavy atom. The molecule has 1 spiro atoms. The second-order valence-corrected chi connectivity index (χ2v) is 8.66. The molecule has 1 unspecified atom stereocenters. The third-order valence-corrected chi connectivity index (χ3v) is 6.82. The number of aromatic nitrogens is 1. The molecule has 162 valence electrons. The van der Waals surface area contributed by atoms with Gasteiger partial charge in [-0.15, -0.1) is 0 Å². The van der Waals surface area contributed by atoms with Crippen molar-refractivity contribution in [1.82, 2.24) is 15.2 Å². The van der Waals surface area contributed by atoms with Crippen molar-refractivity contribution in [3.8, 4) is 5.75 Å². The zero-order valence-electron chi connectivity index (χ0n) is 18.0. The lowest BCUT2D eigenvalue weighted by Crippen LogP contribution is -2.50. The highest BCUT2D eigenvalue weighted by atomic mass is 19.1. The molecule has 1 N–H and O–H groups in total. The summed E-state index contributed by atoms with van der Waals surface area (Å²) in [4.78, 5) is 19.3. The molecule has 2 aliphatic rings. The fourth-order valence-electron chi connectivity index (χ4n) is 5.12. The molecular weight excluding hydrogens is 385 g/mol. The Hall–Kier alpha value is -2.41. The number of hydrogen-bond donors (Lipinski definition) is 1. The molecule has 2 aromatic rings. The maximum Gasteiger partial charge on any atom is 0.289 e. The summed E-state index contributed by atoms with van der Waals surface area (Å²) in [6, 6.07) is 5.04. The van der Waals surface area contributed by atoms with Crippen LogP contribution in [0.15, 0.2) is 22.6 Å². The molecule has 1 aliphatic carbocycles. The van der Waals surface area contributed by atoms with Crippen LogP contribution in [0.1, 0.15) is 59.8 Å². The lowest BCUT2D eigenvalue weighted by Gasteiger charge is -2.43. The van der Waals surface area contributed by atoms with Gasteiger partial charge in [-0.3, -0.25) is 9.69 Å². The second-order valence-electron chi connectivity index (χ2n) is 8.66. The molecular formula is C23H30FN3O3. The largest absolute Gasteiger partial charge is 0.497 e. The van der Waals surface area contributed by atoms with Crippen molar-refractivity contribution in [2.24, 2.45) is 5.41 Å². The topological polar surface area (TPSA) is 67.6 Å². The number of benzene rings is 1. The molecule has 1 aromatic carbocycles. The van der Waals surface area contributed by atoms with Crippen LogP contribution in [0.25, 0.3) is 0 Å². The number of halogens is 1. The quantitative estimate of drug-likeness (QED) is 0.799. The van der Waals surface area contributed by atoms with Gasteiger partial charge in [0.1, 0.15) is 11.6 Å². The van der Waals surface area contributed by atoms with Crippen molar-refractivity contribution in [1.29, 1.82) is 0 Å². The van der Waals surface area contributed by atoms with E-state index in [1.165, 1.54) is 6.07 Å². The third kappa shape index (κ3) is 4.08. The molecule has 1 atom stereocenters. The Labute approximate surface area is 176 Å². The number of carbonyl (C=O) groups is 1. The number of likely N-dealkylation sites (tertiary alicyclic amines) is 1. The van der Waals surface area contributed by atoms with Gasteiger partial charge in [0.15, 0.2) is 5.89 Å². The minimum absolute atomic E-state index is 0.113. The van der Waals surface area contributed by atoms with Gasteiger partial charge in [-0.25, -0.2) is 9.37 Å². The number of carbonyl (C=O) groups excluding carboxylic acids is 1.